The Morgan fingerprint density at radius 1 is 0.921 bits per heavy atom. The number of halogens is 2. The van der Waals surface area contributed by atoms with Crippen molar-refractivity contribution >= 4 is 27.7 Å². The topological polar surface area (TPSA) is 143 Å². The highest BCUT2D eigenvalue weighted by Crippen LogP contribution is 2.57. The number of benzene rings is 1. The number of nitrogens with one attached hydrogen (secondary N) is 1. The van der Waals surface area contributed by atoms with Crippen molar-refractivity contribution < 1.29 is 57.0 Å². The maximum absolute atomic E-state index is 15.1. The number of hydrogen-bond acceptors (Lipinski definition) is 13. The molecule has 19 atom stereocenters. The number of ketones is 1. The number of likely N-dealkylation sites (N-methyl/N-ethyl adjacent to an activating group) is 1. The second kappa shape index (κ2) is 21.4. The van der Waals surface area contributed by atoms with Gasteiger partial charge >= 0.3 is 5.97 Å². The second-order valence-corrected chi connectivity index (χ2v) is 20.1. The smallest absolute Gasteiger partial charge is 0.306 e. The molecule has 3 aliphatic carbocycles. The molecule has 13 nitrogen and oxygen atoms in total. The summed E-state index contributed by atoms with van der Waals surface area (Å²) in [5.74, 6) is -2.72. The molecule has 1 aromatic carbocycles. The van der Waals surface area contributed by atoms with E-state index in [0.717, 1.165) is 23.7 Å². The van der Waals surface area contributed by atoms with Crippen LogP contribution in [0.2, 0.25) is 0 Å². The van der Waals surface area contributed by atoms with Gasteiger partial charge in [-0.15, -0.1) is 0 Å². The average Bonchev–Trinajstić information content (AvgIpc) is 3.84. The number of ether oxygens (including phenoxy) is 8. The van der Waals surface area contributed by atoms with Crippen molar-refractivity contribution in [1.29, 1.82) is 0 Å². The van der Waals surface area contributed by atoms with Crippen LogP contribution in [0.3, 0.4) is 0 Å². The van der Waals surface area contributed by atoms with Gasteiger partial charge in [-0.1, -0.05) is 35.9 Å². The molecule has 3 aliphatic heterocycles. The van der Waals surface area contributed by atoms with E-state index in [1.807, 2.05) is 20.8 Å². The Bertz CT molecular complexity index is 1760. The lowest BCUT2D eigenvalue weighted by molar-refractivity contribution is -0.314. The molecule has 1 aromatic rings. The molecule has 3 saturated heterocycles. The Morgan fingerprint density at radius 2 is 1.65 bits per heavy atom. The Labute approximate surface area is 381 Å². The molecule has 3 heterocycles. The minimum absolute atomic E-state index is 0.0262. The number of aliphatic hydroxyl groups is 1. The Kier molecular flexibility index (Phi) is 16.6. The fourth-order valence-electron chi connectivity index (χ4n) is 12.2. The lowest BCUT2D eigenvalue weighted by Crippen LogP contribution is -2.59. The van der Waals surface area contributed by atoms with Crippen LogP contribution in [0, 0.1) is 41.3 Å². The van der Waals surface area contributed by atoms with Crippen LogP contribution in [-0.4, -0.2) is 137 Å². The van der Waals surface area contributed by atoms with E-state index in [1.165, 1.54) is 12.1 Å². The second-order valence-electron chi connectivity index (χ2n) is 19.2. The number of allylic oxidation sites excluding steroid dienone is 2. The van der Waals surface area contributed by atoms with Crippen LogP contribution in [0.5, 0.6) is 0 Å². The molecule has 3 unspecified atom stereocenters. The largest absolute Gasteiger partial charge is 0.462 e. The van der Waals surface area contributed by atoms with Crippen molar-refractivity contribution in [1.82, 2.24) is 10.2 Å². The molecule has 15 heteroatoms. The standard InChI is InChI=1S/C48H72BrFN2O11/c1-10-29-12-11-13-38(63-40-17-16-37(52(5)6)25(3)59-40)24(2)43(54)35-21-32-31-19-30(62-48-47(58-9)46(57-8)45(56-7)26(4)60-48)20-34(31)42(44(55)41(32)33(35)22-39(53)61-29)51-23-27-18-28(50)14-15-36(27)49/h14-15,18,21,24-26,29-34,37-38,40-42,44-48,51,55H,10-13,16-17,19-20,22-23H2,1-9H3/t24-,25?,26?,29+,30+,31+,32+,33-,34-,37+,38+,40+,41-,42-,44+,45+,46?,47+,48+/m1/s1. The highest BCUT2D eigenvalue weighted by atomic mass is 79.9. The lowest BCUT2D eigenvalue weighted by Gasteiger charge is -2.47. The van der Waals surface area contributed by atoms with Crippen LogP contribution >= 0.6 is 15.9 Å². The molecule has 0 aromatic heterocycles. The average molecular weight is 952 g/mol. The minimum atomic E-state index is -0.960. The molecule has 0 radical (unpaired) electrons. The third kappa shape index (κ3) is 10.5. The molecule has 0 spiro atoms. The first-order chi connectivity index (χ1) is 30.2. The van der Waals surface area contributed by atoms with Gasteiger partial charge in [-0.3, -0.25) is 9.59 Å². The summed E-state index contributed by atoms with van der Waals surface area (Å²) >= 11 is 3.59. The first-order valence-electron chi connectivity index (χ1n) is 23.3. The van der Waals surface area contributed by atoms with Crippen LogP contribution in [-0.2, 0) is 54.0 Å². The third-order valence-corrected chi connectivity index (χ3v) is 16.2. The summed E-state index contributed by atoms with van der Waals surface area (Å²) in [7, 11) is 8.99. The monoisotopic (exact) mass is 950 g/mol. The molecule has 2 saturated carbocycles. The number of carbonyl (C=O) groups excluding carboxylic acids is 2. The molecule has 2 N–H and O–H groups in total. The summed E-state index contributed by atoms with van der Waals surface area (Å²) in [4.78, 5) is 31.2. The highest BCUT2D eigenvalue weighted by Gasteiger charge is 2.60. The van der Waals surface area contributed by atoms with Gasteiger partial charge in [0.2, 0.25) is 0 Å². The van der Waals surface area contributed by atoms with Gasteiger partial charge in [0, 0.05) is 62.2 Å². The molecule has 0 bridgehead atoms. The number of esters is 1. The van der Waals surface area contributed by atoms with Crippen molar-refractivity contribution in [3.63, 3.8) is 0 Å². The van der Waals surface area contributed by atoms with E-state index in [1.54, 1.807) is 27.4 Å². The maximum atomic E-state index is 15.1. The van der Waals surface area contributed by atoms with E-state index in [2.05, 4.69) is 53.2 Å². The third-order valence-electron chi connectivity index (χ3n) is 15.4. The molecule has 5 fully saturated rings. The van der Waals surface area contributed by atoms with E-state index in [9.17, 15) is 14.3 Å². The van der Waals surface area contributed by atoms with Gasteiger partial charge in [0.15, 0.2) is 18.4 Å². The molecule has 354 valence electrons. The fraction of sp³-hybridized carbons (Fsp3) is 0.792. The first-order valence-corrected chi connectivity index (χ1v) is 24.1. The normalized spacial score (nSPS) is 42.4. The zero-order chi connectivity index (χ0) is 45.3. The van der Waals surface area contributed by atoms with Gasteiger partial charge in [0.25, 0.3) is 0 Å². The minimum Gasteiger partial charge on any atom is -0.462 e. The Balaban J connectivity index is 1.20. The molecule has 7 rings (SSSR count). The van der Waals surface area contributed by atoms with Gasteiger partial charge in [-0.05, 0) is 126 Å². The summed E-state index contributed by atoms with van der Waals surface area (Å²) in [5, 5.41) is 16.4. The lowest BCUT2D eigenvalue weighted by atomic mass is 9.62. The van der Waals surface area contributed by atoms with Gasteiger partial charge in [-0.25, -0.2) is 4.39 Å². The Hall–Kier alpha value is -1.89. The SMILES string of the molecule is CC[C@H]1CCC[C@H](O[C@H]2CC[C@H](N(C)C)C(C)O2)[C@@H](C)C(=O)C2=C[C@H]3[C@@H]4C[C@H](O[C@@H]5OC(C)[C@H](OC)C(OC)[C@@H]5OC)C[C@H]4[C@@H](NCc4cc(F)ccc4Br)[C@@H](O)[C@H]3[C@@H]2CC(=O)O1. The summed E-state index contributed by atoms with van der Waals surface area (Å²) in [6, 6.07) is 4.38. The Morgan fingerprint density at radius 3 is 2.33 bits per heavy atom. The van der Waals surface area contributed by atoms with Crippen molar-refractivity contribution in [3.8, 4) is 0 Å². The number of cyclic esters (lactones) is 1. The van der Waals surface area contributed by atoms with Crippen LogP contribution in [0.1, 0.15) is 91.0 Å². The predicted octanol–water partition coefficient (Wildman–Crippen LogP) is 6.35. The van der Waals surface area contributed by atoms with E-state index in [-0.39, 0.29) is 84.9 Å². The number of rotatable bonds is 12. The van der Waals surface area contributed by atoms with Crippen molar-refractivity contribution in [2.75, 3.05) is 35.4 Å². The highest BCUT2D eigenvalue weighted by molar-refractivity contribution is 9.10. The molecular weight excluding hydrogens is 879 g/mol. The maximum Gasteiger partial charge on any atom is 0.306 e. The van der Waals surface area contributed by atoms with Crippen molar-refractivity contribution in [2.24, 2.45) is 35.5 Å². The van der Waals surface area contributed by atoms with Gasteiger partial charge in [-0.2, -0.15) is 0 Å². The van der Waals surface area contributed by atoms with Gasteiger partial charge < -0.3 is 53.2 Å². The van der Waals surface area contributed by atoms with Crippen LogP contribution in [0.15, 0.2) is 34.3 Å². The summed E-state index contributed by atoms with van der Waals surface area (Å²) in [6.45, 7) is 8.26. The number of carbonyl (C=O) groups is 2. The van der Waals surface area contributed by atoms with Gasteiger partial charge in [0.1, 0.15) is 30.2 Å². The number of fused-ring (bicyclic) bond motifs is 5. The van der Waals surface area contributed by atoms with Crippen LogP contribution < -0.4 is 5.32 Å². The molecular formula is C48H72BrFN2O11. The number of aliphatic hydroxyl groups excluding tert-OH is 1. The molecule has 63 heavy (non-hydrogen) atoms. The fourth-order valence-corrected chi connectivity index (χ4v) is 12.6. The van der Waals surface area contributed by atoms with Crippen molar-refractivity contribution in [3.05, 3.63) is 45.7 Å². The van der Waals surface area contributed by atoms with E-state index >= 15 is 4.79 Å². The molecule has 6 aliphatic rings. The number of hydrogen-bond donors (Lipinski definition) is 2. The van der Waals surface area contributed by atoms with Gasteiger partial charge in [0.05, 0.1) is 36.9 Å². The zero-order valence-electron chi connectivity index (χ0n) is 38.6. The summed E-state index contributed by atoms with van der Waals surface area (Å²) < 4.78 is 65.4. The summed E-state index contributed by atoms with van der Waals surface area (Å²) in [6.07, 6.45) is 2.74. The van der Waals surface area contributed by atoms with Crippen molar-refractivity contribution in [2.45, 2.75) is 172 Å². The van der Waals surface area contributed by atoms with E-state index in [4.69, 9.17) is 37.9 Å². The van der Waals surface area contributed by atoms with E-state index in [0.29, 0.717) is 43.2 Å². The number of nitrogens with zero attached hydrogens (tertiary/aromatic N) is 1. The predicted molar refractivity (Wildman–Crippen MR) is 236 cm³/mol. The summed E-state index contributed by atoms with van der Waals surface area (Å²) in [5.41, 5.74) is 1.28. The quantitative estimate of drug-likeness (QED) is 0.225. The number of methoxy groups -OCH3 is 3. The van der Waals surface area contributed by atoms with E-state index < -0.39 is 60.8 Å². The molecule has 0 amide bonds. The first kappa shape index (κ1) is 49.0. The number of Topliss-reactive ketones (excluding diaryl/α,β-unsaturated/α-hetero) is 1. The van der Waals surface area contributed by atoms with Crippen LogP contribution in [0.25, 0.3) is 0 Å². The van der Waals surface area contributed by atoms with Crippen LogP contribution in [0.4, 0.5) is 4.39 Å². The zero-order valence-corrected chi connectivity index (χ0v) is 40.2.